The van der Waals surface area contributed by atoms with Crippen LogP contribution in [0.25, 0.3) is 0 Å². The average Bonchev–Trinajstić information content (AvgIpc) is 2.96. The molecule has 0 aliphatic carbocycles. The molecule has 1 heterocycles. The average molecular weight is 332 g/mol. The number of urea groups is 1. The molecular weight excluding hydrogens is 308 g/mol. The fourth-order valence-electron chi connectivity index (χ4n) is 2.24. The molecule has 5 nitrogen and oxygen atoms in total. The predicted molar refractivity (Wildman–Crippen MR) is 94.5 cm³/mol. The van der Waals surface area contributed by atoms with Crippen molar-refractivity contribution < 1.29 is 4.79 Å². The minimum absolute atomic E-state index is 0.123. The van der Waals surface area contributed by atoms with E-state index in [9.17, 15) is 4.79 Å². The van der Waals surface area contributed by atoms with Gasteiger partial charge in [-0.2, -0.15) is 0 Å². The van der Waals surface area contributed by atoms with Crippen molar-refractivity contribution in [1.29, 1.82) is 0 Å². The highest BCUT2D eigenvalue weighted by Gasteiger charge is 2.03. The van der Waals surface area contributed by atoms with Crippen molar-refractivity contribution in [2.75, 3.05) is 20.1 Å². The van der Waals surface area contributed by atoms with Crippen molar-refractivity contribution in [2.24, 2.45) is 0 Å². The van der Waals surface area contributed by atoms with E-state index in [2.05, 4.69) is 51.8 Å². The maximum Gasteiger partial charge on any atom is 0.315 e. The number of nitrogens with one attached hydrogen (secondary N) is 2. The fourth-order valence-corrected chi connectivity index (χ4v) is 2.98. The quantitative estimate of drug-likeness (QED) is 0.731. The molecule has 1 aromatic carbocycles. The van der Waals surface area contributed by atoms with Crippen LogP contribution in [0.3, 0.4) is 0 Å². The van der Waals surface area contributed by atoms with Crippen molar-refractivity contribution in [3.63, 3.8) is 0 Å². The number of carbonyl (C=O) groups excluding carboxylic acids is 1. The van der Waals surface area contributed by atoms with Gasteiger partial charge >= 0.3 is 6.03 Å². The van der Waals surface area contributed by atoms with E-state index in [1.165, 1.54) is 5.56 Å². The second-order valence-corrected chi connectivity index (χ2v) is 6.85. The molecule has 0 aliphatic rings. The lowest BCUT2D eigenvalue weighted by Gasteiger charge is -2.16. The van der Waals surface area contributed by atoms with Crippen molar-refractivity contribution in [2.45, 2.75) is 26.4 Å². The largest absolute Gasteiger partial charge is 0.338 e. The zero-order chi connectivity index (χ0) is 16.5. The van der Waals surface area contributed by atoms with E-state index in [1.807, 2.05) is 13.0 Å². The molecule has 124 valence electrons. The maximum atomic E-state index is 11.7. The summed E-state index contributed by atoms with van der Waals surface area (Å²) in [7, 11) is 2.10. The third-order valence-corrected chi connectivity index (χ3v) is 4.30. The number of hydrogen-bond donors (Lipinski definition) is 2. The van der Waals surface area contributed by atoms with Crippen molar-refractivity contribution in [1.82, 2.24) is 20.5 Å². The second kappa shape index (κ2) is 9.27. The summed E-state index contributed by atoms with van der Waals surface area (Å²) in [4.78, 5) is 19.2. The third-order valence-electron chi connectivity index (χ3n) is 3.39. The van der Waals surface area contributed by atoms with Gasteiger partial charge in [-0.1, -0.05) is 30.3 Å². The lowest BCUT2D eigenvalue weighted by Crippen LogP contribution is -2.36. The Hall–Kier alpha value is -1.92. The van der Waals surface area contributed by atoms with Gasteiger partial charge in [-0.15, -0.1) is 11.3 Å². The van der Waals surface area contributed by atoms with Gasteiger partial charge < -0.3 is 15.5 Å². The molecule has 6 heteroatoms. The molecule has 0 bridgehead atoms. The summed E-state index contributed by atoms with van der Waals surface area (Å²) in [6, 6.07) is 10.3. The summed E-state index contributed by atoms with van der Waals surface area (Å²) in [6.45, 7) is 5.04. The molecule has 2 rings (SSSR count). The summed E-state index contributed by atoms with van der Waals surface area (Å²) in [6.07, 6.45) is 2.73. The number of rotatable bonds is 8. The van der Waals surface area contributed by atoms with E-state index in [0.29, 0.717) is 13.1 Å². The maximum absolute atomic E-state index is 11.7. The number of nitrogens with zero attached hydrogens (tertiary/aromatic N) is 2. The highest BCUT2D eigenvalue weighted by molar-refractivity contribution is 7.11. The lowest BCUT2D eigenvalue weighted by molar-refractivity contribution is 0.239. The Kier molecular flexibility index (Phi) is 7.03. The molecule has 0 saturated heterocycles. The summed E-state index contributed by atoms with van der Waals surface area (Å²) in [5, 5.41) is 6.75. The number of benzene rings is 1. The number of amides is 2. The molecule has 0 atom stereocenters. The number of aryl methyl sites for hydroxylation is 1. The van der Waals surface area contributed by atoms with Crippen molar-refractivity contribution in [3.05, 3.63) is 52.0 Å². The van der Waals surface area contributed by atoms with Crippen LogP contribution in [-0.2, 0) is 13.1 Å². The van der Waals surface area contributed by atoms with Gasteiger partial charge in [0.25, 0.3) is 0 Å². The van der Waals surface area contributed by atoms with E-state index < -0.39 is 0 Å². The van der Waals surface area contributed by atoms with Crippen LogP contribution in [-0.4, -0.2) is 36.1 Å². The summed E-state index contributed by atoms with van der Waals surface area (Å²) in [5.74, 6) is 0. The van der Waals surface area contributed by atoms with Crippen LogP contribution in [0.1, 0.15) is 21.9 Å². The van der Waals surface area contributed by atoms with Gasteiger partial charge in [0.15, 0.2) is 0 Å². The van der Waals surface area contributed by atoms with Crippen LogP contribution < -0.4 is 10.6 Å². The number of aromatic nitrogens is 1. The zero-order valence-electron chi connectivity index (χ0n) is 13.7. The van der Waals surface area contributed by atoms with Crippen molar-refractivity contribution >= 4 is 17.4 Å². The smallest absolute Gasteiger partial charge is 0.315 e. The Bertz CT molecular complexity index is 600. The Morgan fingerprint density at radius 2 is 2.04 bits per heavy atom. The molecule has 2 aromatic rings. The second-order valence-electron chi connectivity index (χ2n) is 5.53. The van der Waals surface area contributed by atoms with Crippen LogP contribution in [0.5, 0.6) is 0 Å². The molecule has 1 aromatic heterocycles. The third kappa shape index (κ3) is 6.80. The Morgan fingerprint density at radius 1 is 1.26 bits per heavy atom. The molecule has 0 saturated carbocycles. The van der Waals surface area contributed by atoms with Crippen LogP contribution in [0.4, 0.5) is 4.79 Å². The topological polar surface area (TPSA) is 57.3 Å². The number of thiazole rings is 1. The van der Waals surface area contributed by atoms with E-state index >= 15 is 0 Å². The summed E-state index contributed by atoms with van der Waals surface area (Å²) >= 11 is 1.60. The van der Waals surface area contributed by atoms with Gasteiger partial charge in [0.05, 0.1) is 11.6 Å². The molecule has 2 amide bonds. The van der Waals surface area contributed by atoms with Gasteiger partial charge in [0.1, 0.15) is 0 Å². The van der Waals surface area contributed by atoms with Gasteiger partial charge in [-0.05, 0) is 32.5 Å². The summed E-state index contributed by atoms with van der Waals surface area (Å²) in [5.41, 5.74) is 1.31. The standard InChI is InChI=1S/C17H24N4OS/c1-14-19-11-16(23-14)12-20-17(22)18-9-6-10-21(2)13-15-7-4-3-5-8-15/h3-5,7-8,11H,6,9-10,12-13H2,1-2H3,(H2,18,20,22). The number of hydrogen-bond acceptors (Lipinski definition) is 4. The highest BCUT2D eigenvalue weighted by Crippen LogP contribution is 2.10. The molecular formula is C17H24N4OS. The Morgan fingerprint density at radius 3 is 2.74 bits per heavy atom. The molecule has 0 spiro atoms. The van der Waals surface area contributed by atoms with E-state index in [-0.39, 0.29) is 6.03 Å². The van der Waals surface area contributed by atoms with Gasteiger partial charge in [-0.3, -0.25) is 0 Å². The first-order valence-corrected chi connectivity index (χ1v) is 8.60. The Labute approximate surface area is 141 Å². The predicted octanol–water partition coefficient (Wildman–Crippen LogP) is 2.77. The van der Waals surface area contributed by atoms with Gasteiger partial charge in [0.2, 0.25) is 0 Å². The van der Waals surface area contributed by atoms with Gasteiger partial charge in [-0.25, -0.2) is 9.78 Å². The monoisotopic (exact) mass is 332 g/mol. The Balaban J connectivity index is 1.55. The van der Waals surface area contributed by atoms with Crippen LogP contribution >= 0.6 is 11.3 Å². The molecule has 0 aliphatic heterocycles. The first kappa shape index (κ1) is 17.4. The molecule has 0 unspecified atom stereocenters. The minimum Gasteiger partial charge on any atom is -0.338 e. The molecule has 2 N–H and O–H groups in total. The van der Waals surface area contributed by atoms with E-state index in [1.54, 1.807) is 17.5 Å². The molecule has 0 radical (unpaired) electrons. The highest BCUT2D eigenvalue weighted by atomic mass is 32.1. The van der Waals surface area contributed by atoms with Crippen LogP contribution in [0.2, 0.25) is 0 Å². The first-order chi connectivity index (χ1) is 11.1. The minimum atomic E-state index is -0.123. The van der Waals surface area contributed by atoms with Crippen LogP contribution in [0, 0.1) is 6.92 Å². The summed E-state index contributed by atoms with van der Waals surface area (Å²) < 4.78 is 0. The molecule has 23 heavy (non-hydrogen) atoms. The number of carbonyl (C=O) groups is 1. The lowest BCUT2D eigenvalue weighted by atomic mass is 10.2. The van der Waals surface area contributed by atoms with Gasteiger partial charge in [0, 0.05) is 24.2 Å². The molecule has 0 fully saturated rings. The van der Waals surface area contributed by atoms with E-state index in [0.717, 1.165) is 29.4 Å². The van der Waals surface area contributed by atoms with Crippen molar-refractivity contribution in [3.8, 4) is 0 Å². The SMILES string of the molecule is Cc1ncc(CNC(=O)NCCCN(C)Cc2ccccc2)s1. The first-order valence-electron chi connectivity index (χ1n) is 7.79. The zero-order valence-corrected chi connectivity index (χ0v) is 14.5. The fraction of sp³-hybridized carbons (Fsp3) is 0.412. The normalized spacial score (nSPS) is 10.7. The van der Waals surface area contributed by atoms with E-state index in [4.69, 9.17) is 0 Å². The van der Waals surface area contributed by atoms with Crippen LogP contribution in [0.15, 0.2) is 36.5 Å².